The number of ether oxygens (including phenoxy) is 1. The minimum absolute atomic E-state index is 0.353. The quantitative estimate of drug-likeness (QED) is 0.459. The molecule has 0 amide bonds. The molecular formula is C8H13NO2. The first-order chi connectivity index (χ1) is 5.16. The number of rotatable bonds is 4. The Labute approximate surface area is 67.0 Å². The summed E-state index contributed by atoms with van der Waals surface area (Å²) in [4.78, 5) is 10.6. The van der Waals surface area contributed by atoms with Gasteiger partial charge in [-0.3, -0.25) is 4.79 Å². The Morgan fingerprint density at radius 3 is 2.73 bits per heavy atom. The van der Waals surface area contributed by atoms with Crippen molar-refractivity contribution in [3.05, 3.63) is 0 Å². The summed E-state index contributed by atoms with van der Waals surface area (Å²) in [6.45, 7) is 4.19. The second kappa shape index (κ2) is 5.72. The zero-order chi connectivity index (χ0) is 8.69. The van der Waals surface area contributed by atoms with Crippen LogP contribution in [0.2, 0.25) is 0 Å². The number of nitriles is 1. The monoisotopic (exact) mass is 155 g/mol. The normalized spacial score (nSPS) is 9.27. The molecule has 0 spiro atoms. The van der Waals surface area contributed by atoms with Gasteiger partial charge in [0.2, 0.25) is 0 Å². The zero-order valence-electron chi connectivity index (χ0n) is 6.96. The van der Waals surface area contributed by atoms with Crippen molar-refractivity contribution in [2.75, 3.05) is 0 Å². The van der Waals surface area contributed by atoms with Gasteiger partial charge in [-0.25, -0.2) is 0 Å². The molecule has 0 saturated carbocycles. The Bertz CT molecular complexity index is 158. The molecule has 0 atom stereocenters. The van der Waals surface area contributed by atoms with Crippen LogP contribution < -0.4 is 0 Å². The lowest BCUT2D eigenvalue weighted by atomic mass is 10.1. The molecule has 0 N–H and O–H groups in total. The number of esters is 1. The predicted molar refractivity (Wildman–Crippen MR) is 40.4 cm³/mol. The van der Waals surface area contributed by atoms with Crippen LogP contribution in [0.25, 0.3) is 0 Å². The highest BCUT2D eigenvalue weighted by molar-refractivity contribution is 5.70. The molecule has 3 nitrogen and oxygen atoms in total. The van der Waals surface area contributed by atoms with Gasteiger partial charge >= 0.3 is 5.97 Å². The van der Waals surface area contributed by atoms with Gasteiger partial charge < -0.3 is 4.74 Å². The van der Waals surface area contributed by atoms with Crippen LogP contribution >= 0.6 is 0 Å². The van der Waals surface area contributed by atoms with E-state index in [1.807, 2.05) is 0 Å². The molecular weight excluding hydrogens is 142 g/mol. The molecule has 3 heteroatoms. The molecule has 0 aliphatic heterocycles. The molecule has 0 aliphatic carbocycles. The highest BCUT2D eigenvalue weighted by Crippen LogP contribution is 2.06. The smallest absolute Gasteiger partial charge is 0.321 e. The highest BCUT2D eigenvalue weighted by atomic mass is 16.5. The van der Waals surface area contributed by atoms with Crippen LogP contribution in [-0.2, 0) is 9.53 Å². The third-order valence-corrected chi connectivity index (χ3v) is 1.32. The van der Waals surface area contributed by atoms with E-state index in [4.69, 9.17) is 5.26 Å². The SMILES string of the molecule is CC(C)CCCC(=O)OC#N. The van der Waals surface area contributed by atoms with Crippen LogP contribution in [-0.4, -0.2) is 5.97 Å². The maximum atomic E-state index is 10.6. The van der Waals surface area contributed by atoms with Crippen molar-refractivity contribution in [2.45, 2.75) is 33.1 Å². The van der Waals surface area contributed by atoms with Gasteiger partial charge in [-0.2, -0.15) is 0 Å². The lowest BCUT2D eigenvalue weighted by Gasteiger charge is -2.00. The lowest BCUT2D eigenvalue weighted by molar-refractivity contribution is -0.137. The van der Waals surface area contributed by atoms with Gasteiger partial charge in [0.1, 0.15) is 0 Å². The third-order valence-electron chi connectivity index (χ3n) is 1.32. The Kier molecular flexibility index (Phi) is 5.18. The molecule has 0 rings (SSSR count). The van der Waals surface area contributed by atoms with E-state index < -0.39 is 5.97 Å². The van der Waals surface area contributed by atoms with Crippen molar-refractivity contribution in [3.63, 3.8) is 0 Å². The van der Waals surface area contributed by atoms with Crippen molar-refractivity contribution in [1.29, 1.82) is 5.26 Å². The van der Waals surface area contributed by atoms with Gasteiger partial charge in [0.25, 0.3) is 6.26 Å². The van der Waals surface area contributed by atoms with Crippen LogP contribution in [0.15, 0.2) is 0 Å². The highest BCUT2D eigenvalue weighted by Gasteiger charge is 2.02. The minimum Gasteiger partial charge on any atom is -0.351 e. The second-order valence-electron chi connectivity index (χ2n) is 2.85. The topological polar surface area (TPSA) is 50.1 Å². The Balaban J connectivity index is 3.26. The fraction of sp³-hybridized carbons (Fsp3) is 0.750. The van der Waals surface area contributed by atoms with E-state index in [9.17, 15) is 4.79 Å². The molecule has 0 aliphatic rings. The van der Waals surface area contributed by atoms with Gasteiger partial charge in [-0.1, -0.05) is 20.3 Å². The summed E-state index contributed by atoms with van der Waals surface area (Å²) in [5.41, 5.74) is 0. The maximum Gasteiger partial charge on any atom is 0.321 e. The Morgan fingerprint density at radius 1 is 1.64 bits per heavy atom. The number of carbonyl (C=O) groups is 1. The first kappa shape index (κ1) is 9.96. The lowest BCUT2D eigenvalue weighted by Crippen LogP contribution is -2.00. The first-order valence-electron chi connectivity index (χ1n) is 3.75. The van der Waals surface area contributed by atoms with Gasteiger partial charge in [-0.15, -0.1) is 5.26 Å². The number of hydrogen-bond acceptors (Lipinski definition) is 3. The van der Waals surface area contributed by atoms with Crippen molar-refractivity contribution in [3.8, 4) is 6.26 Å². The standard InChI is InChI=1S/C8H13NO2/c1-7(2)4-3-5-8(10)11-6-9/h7H,3-5H2,1-2H3. The van der Waals surface area contributed by atoms with E-state index in [2.05, 4.69) is 18.6 Å². The molecule has 0 bridgehead atoms. The van der Waals surface area contributed by atoms with Gasteiger partial charge in [-0.05, 0) is 12.3 Å². The summed E-state index contributed by atoms with van der Waals surface area (Å²) in [5, 5.41) is 7.95. The molecule has 0 saturated heterocycles. The Morgan fingerprint density at radius 2 is 2.27 bits per heavy atom. The predicted octanol–water partition coefficient (Wildman–Crippen LogP) is 1.84. The largest absolute Gasteiger partial charge is 0.351 e. The van der Waals surface area contributed by atoms with E-state index in [1.165, 1.54) is 6.26 Å². The van der Waals surface area contributed by atoms with E-state index in [0.29, 0.717) is 12.3 Å². The number of nitrogens with zero attached hydrogens (tertiary/aromatic N) is 1. The average molecular weight is 155 g/mol. The van der Waals surface area contributed by atoms with Gasteiger partial charge in [0.15, 0.2) is 0 Å². The summed E-state index contributed by atoms with van der Waals surface area (Å²) in [6, 6.07) is 0. The summed E-state index contributed by atoms with van der Waals surface area (Å²) in [7, 11) is 0. The van der Waals surface area contributed by atoms with Crippen LogP contribution in [0.3, 0.4) is 0 Å². The molecule has 0 fully saturated rings. The van der Waals surface area contributed by atoms with Crippen LogP contribution in [0, 0.1) is 17.4 Å². The van der Waals surface area contributed by atoms with Crippen molar-refractivity contribution in [2.24, 2.45) is 5.92 Å². The molecule has 0 radical (unpaired) electrons. The van der Waals surface area contributed by atoms with E-state index >= 15 is 0 Å². The van der Waals surface area contributed by atoms with Gasteiger partial charge in [0, 0.05) is 6.42 Å². The number of carbonyl (C=O) groups excluding carboxylic acids is 1. The van der Waals surface area contributed by atoms with E-state index in [1.54, 1.807) is 0 Å². The minimum atomic E-state index is -0.423. The molecule has 0 unspecified atom stereocenters. The van der Waals surface area contributed by atoms with Crippen molar-refractivity contribution >= 4 is 5.97 Å². The summed E-state index contributed by atoms with van der Waals surface area (Å²) < 4.78 is 4.09. The second-order valence-corrected chi connectivity index (χ2v) is 2.85. The van der Waals surface area contributed by atoms with Crippen LogP contribution in [0.4, 0.5) is 0 Å². The first-order valence-corrected chi connectivity index (χ1v) is 3.75. The average Bonchev–Trinajstić information content (AvgIpc) is 1.87. The van der Waals surface area contributed by atoms with Gasteiger partial charge in [0.05, 0.1) is 0 Å². The fourth-order valence-electron chi connectivity index (χ4n) is 0.757. The van der Waals surface area contributed by atoms with E-state index in [0.717, 1.165) is 12.8 Å². The summed E-state index contributed by atoms with van der Waals surface area (Å²) in [6.07, 6.45) is 3.51. The van der Waals surface area contributed by atoms with Crippen molar-refractivity contribution < 1.29 is 9.53 Å². The zero-order valence-corrected chi connectivity index (χ0v) is 6.96. The molecule has 0 aromatic rings. The molecule has 0 heterocycles. The summed E-state index contributed by atoms with van der Waals surface area (Å²) in [5.74, 6) is 0.179. The maximum absolute atomic E-state index is 10.6. The molecule has 0 aromatic carbocycles. The van der Waals surface area contributed by atoms with Crippen molar-refractivity contribution in [1.82, 2.24) is 0 Å². The fourth-order valence-corrected chi connectivity index (χ4v) is 0.757. The van der Waals surface area contributed by atoms with E-state index in [-0.39, 0.29) is 0 Å². The van der Waals surface area contributed by atoms with Crippen LogP contribution in [0.1, 0.15) is 33.1 Å². The molecule has 11 heavy (non-hydrogen) atoms. The molecule has 62 valence electrons. The third kappa shape index (κ3) is 6.85. The molecule has 0 aromatic heterocycles. The van der Waals surface area contributed by atoms with Crippen LogP contribution in [0.5, 0.6) is 0 Å². The Hall–Kier alpha value is -1.04. The number of hydrogen-bond donors (Lipinski definition) is 0. The summed E-state index contributed by atoms with van der Waals surface area (Å²) >= 11 is 0.